The van der Waals surface area contributed by atoms with Gasteiger partial charge in [-0.3, -0.25) is 20.2 Å². The minimum atomic E-state index is -0.771. The summed E-state index contributed by atoms with van der Waals surface area (Å²) in [5, 5.41) is 31.3. The third-order valence-electron chi connectivity index (χ3n) is 4.05. The van der Waals surface area contributed by atoms with E-state index in [1.165, 1.54) is 36.4 Å². The number of benzene rings is 3. The number of ether oxygens (including phenoxy) is 1. The average molecular weight is 405 g/mol. The van der Waals surface area contributed by atoms with Crippen LogP contribution in [0.25, 0.3) is 11.6 Å². The lowest BCUT2D eigenvalue weighted by Crippen LogP contribution is -1.96. The number of nitriles is 1. The zero-order valence-corrected chi connectivity index (χ0v) is 15.2. The van der Waals surface area contributed by atoms with Crippen molar-refractivity contribution in [1.29, 1.82) is 5.26 Å². The number of rotatable bonds is 6. The largest absolute Gasteiger partial charge is 0.450 e. The standard InChI is InChI=1S/C21H12FN3O5/c22-19-4-2-1-3-18(19)15(13-23)11-14-5-8-17(9-6-14)30-21-10-7-16(24(26)27)12-20(21)25(28)29/h1-12H. The normalized spacial score (nSPS) is 10.9. The predicted octanol–water partition coefficient (Wildman–Crippen LogP) is 5.50. The molecule has 8 nitrogen and oxygen atoms in total. The van der Waals surface area contributed by atoms with Crippen LogP contribution in [0.4, 0.5) is 15.8 Å². The van der Waals surface area contributed by atoms with Crippen molar-refractivity contribution in [3.05, 3.63) is 104 Å². The van der Waals surface area contributed by atoms with Gasteiger partial charge in [-0.05, 0) is 35.9 Å². The van der Waals surface area contributed by atoms with Gasteiger partial charge in [-0.15, -0.1) is 0 Å². The Morgan fingerprint density at radius 1 is 1.00 bits per heavy atom. The van der Waals surface area contributed by atoms with Crippen molar-refractivity contribution >= 4 is 23.0 Å². The molecule has 0 spiro atoms. The minimum Gasteiger partial charge on any atom is -0.450 e. The molecule has 0 aliphatic rings. The van der Waals surface area contributed by atoms with Gasteiger partial charge in [0.15, 0.2) is 0 Å². The summed E-state index contributed by atoms with van der Waals surface area (Å²) in [7, 11) is 0. The number of hydrogen-bond acceptors (Lipinski definition) is 6. The van der Waals surface area contributed by atoms with E-state index >= 15 is 0 Å². The second-order valence-electron chi connectivity index (χ2n) is 5.99. The molecule has 0 saturated heterocycles. The van der Waals surface area contributed by atoms with Gasteiger partial charge in [0.05, 0.1) is 27.6 Å². The highest BCUT2D eigenvalue weighted by molar-refractivity contribution is 5.89. The molecular formula is C21H12FN3O5. The van der Waals surface area contributed by atoms with Gasteiger partial charge in [-0.1, -0.05) is 30.3 Å². The van der Waals surface area contributed by atoms with Crippen LogP contribution in [-0.2, 0) is 0 Å². The first kappa shape index (κ1) is 20.2. The Balaban J connectivity index is 1.87. The zero-order chi connectivity index (χ0) is 21.7. The molecule has 3 rings (SSSR count). The number of nitro benzene ring substituents is 2. The first-order valence-electron chi connectivity index (χ1n) is 8.46. The lowest BCUT2D eigenvalue weighted by atomic mass is 10.0. The summed E-state index contributed by atoms with van der Waals surface area (Å²) in [6, 6.07) is 17.1. The van der Waals surface area contributed by atoms with Crippen LogP contribution < -0.4 is 4.74 Å². The van der Waals surface area contributed by atoms with Gasteiger partial charge >= 0.3 is 5.69 Å². The summed E-state index contributed by atoms with van der Waals surface area (Å²) in [5.41, 5.74) is -0.0823. The lowest BCUT2D eigenvalue weighted by Gasteiger charge is -2.07. The van der Waals surface area contributed by atoms with Gasteiger partial charge in [0.2, 0.25) is 5.75 Å². The van der Waals surface area contributed by atoms with Crippen LogP contribution in [-0.4, -0.2) is 9.85 Å². The van der Waals surface area contributed by atoms with E-state index in [1.54, 1.807) is 18.2 Å². The Morgan fingerprint density at radius 2 is 1.70 bits per heavy atom. The summed E-state index contributed by atoms with van der Waals surface area (Å²) in [6.45, 7) is 0. The van der Waals surface area contributed by atoms with E-state index in [1.807, 2.05) is 6.07 Å². The highest BCUT2D eigenvalue weighted by Gasteiger charge is 2.21. The Morgan fingerprint density at radius 3 is 2.30 bits per heavy atom. The van der Waals surface area contributed by atoms with Crippen molar-refractivity contribution in [3.8, 4) is 17.6 Å². The van der Waals surface area contributed by atoms with Crippen molar-refractivity contribution in [2.24, 2.45) is 0 Å². The second-order valence-corrected chi connectivity index (χ2v) is 5.99. The van der Waals surface area contributed by atoms with Gasteiger partial charge in [-0.2, -0.15) is 5.26 Å². The Bertz CT molecular complexity index is 1200. The Labute approximate surface area is 169 Å². The van der Waals surface area contributed by atoms with E-state index in [2.05, 4.69) is 0 Å². The monoisotopic (exact) mass is 405 g/mol. The van der Waals surface area contributed by atoms with Crippen LogP contribution in [0.15, 0.2) is 66.7 Å². The van der Waals surface area contributed by atoms with Crippen molar-refractivity contribution in [3.63, 3.8) is 0 Å². The molecule has 3 aromatic rings. The van der Waals surface area contributed by atoms with Gasteiger partial charge in [0, 0.05) is 11.6 Å². The van der Waals surface area contributed by atoms with Crippen molar-refractivity contribution < 1.29 is 19.0 Å². The number of allylic oxidation sites excluding steroid dienone is 1. The van der Waals surface area contributed by atoms with Crippen molar-refractivity contribution in [2.75, 3.05) is 0 Å². The highest BCUT2D eigenvalue weighted by atomic mass is 19.1. The number of hydrogen-bond donors (Lipinski definition) is 0. The molecule has 148 valence electrons. The number of halogens is 1. The van der Waals surface area contributed by atoms with Crippen molar-refractivity contribution in [1.82, 2.24) is 0 Å². The van der Waals surface area contributed by atoms with Crippen LogP contribution in [0.5, 0.6) is 11.5 Å². The van der Waals surface area contributed by atoms with Gasteiger partial charge in [-0.25, -0.2) is 4.39 Å². The smallest absolute Gasteiger partial charge is 0.318 e. The SMILES string of the molecule is N#CC(=Cc1ccc(Oc2ccc([N+](=O)[O-])cc2[N+](=O)[O-])cc1)c1ccccc1F. The Kier molecular flexibility index (Phi) is 5.79. The molecule has 0 N–H and O–H groups in total. The quantitative estimate of drug-likeness (QED) is 0.231. The molecule has 30 heavy (non-hydrogen) atoms. The molecule has 3 aromatic carbocycles. The first-order valence-corrected chi connectivity index (χ1v) is 8.46. The zero-order valence-electron chi connectivity index (χ0n) is 15.2. The molecule has 0 atom stereocenters. The predicted molar refractivity (Wildman–Crippen MR) is 106 cm³/mol. The van der Waals surface area contributed by atoms with Gasteiger partial charge < -0.3 is 4.74 Å². The summed E-state index contributed by atoms with van der Waals surface area (Å²) in [4.78, 5) is 20.5. The maximum absolute atomic E-state index is 13.9. The highest BCUT2D eigenvalue weighted by Crippen LogP contribution is 2.34. The second kappa shape index (κ2) is 8.62. The molecule has 0 bridgehead atoms. The summed E-state index contributed by atoms with van der Waals surface area (Å²) in [5.74, 6) is -0.429. The molecular weight excluding hydrogens is 393 g/mol. The number of nitrogens with zero attached hydrogens (tertiary/aromatic N) is 3. The van der Waals surface area contributed by atoms with E-state index in [4.69, 9.17) is 4.74 Å². The van der Waals surface area contributed by atoms with E-state index in [-0.39, 0.29) is 22.6 Å². The average Bonchev–Trinajstić information content (AvgIpc) is 2.73. The summed E-state index contributed by atoms with van der Waals surface area (Å²) >= 11 is 0. The van der Waals surface area contributed by atoms with E-state index < -0.39 is 27.0 Å². The third kappa shape index (κ3) is 4.45. The topological polar surface area (TPSA) is 119 Å². The molecule has 0 aromatic heterocycles. The fraction of sp³-hybridized carbons (Fsp3) is 0. The fourth-order valence-corrected chi connectivity index (χ4v) is 2.62. The molecule has 9 heteroatoms. The molecule has 0 fully saturated rings. The minimum absolute atomic E-state index is 0.132. The maximum atomic E-state index is 13.9. The first-order chi connectivity index (χ1) is 14.4. The van der Waals surface area contributed by atoms with Crippen LogP contribution in [0, 0.1) is 37.4 Å². The lowest BCUT2D eigenvalue weighted by molar-refractivity contribution is -0.394. The molecule has 0 radical (unpaired) electrons. The van der Waals surface area contributed by atoms with Gasteiger partial charge in [0.1, 0.15) is 11.6 Å². The van der Waals surface area contributed by atoms with E-state index in [0.29, 0.717) is 5.56 Å². The third-order valence-corrected chi connectivity index (χ3v) is 4.05. The van der Waals surface area contributed by atoms with Crippen LogP contribution >= 0.6 is 0 Å². The maximum Gasteiger partial charge on any atom is 0.318 e. The molecule has 0 saturated carbocycles. The molecule has 0 unspecified atom stereocenters. The summed E-state index contributed by atoms with van der Waals surface area (Å²) in [6.07, 6.45) is 1.50. The van der Waals surface area contributed by atoms with Gasteiger partial charge in [0.25, 0.3) is 5.69 Å². The van der Waals surface area contributed by atoms with E-state index in [0.717, 1.165) is 18.2 Å². The van der Waals surface area contributed by atoms with Crippen LogP contribution in [0.1, 0.15) is 11.1 Å². The molecule has 0 aliphatic heterocycles. The fourth-order valence-electron chi connectivity index (χ4n) is 2.62. The molecule has 0 amide bonds. The Hall–Kier alpha value is -4.58. The number of non-ortho nitro benzene ring substituents is 1. The van der Waals surface area contributed by atoms with Crippen LogP contribution in [0.2, 0.25) is 0 Å². The van der Waals surface area contributed by atoms with E-state index in [9.17, 15) is 29.9 Å². The van der Waals surface area contributed by atoms with Crippen molar-refractivity contribution in [2.45, 2.75) is 0 Å². The van der Waals surface area contributed by atoms with Crippen LogP contribution in [0.3, 0.4) is 0 Å². The molecule has 0 heterocycles. The summed E-state index contributed by atoms with van der Waals surface area (Å²) < 4.78 is 19.4. The molecule has 0 aliphatic carbocycles. The number of nitro groups is 2.